The maximum absolute atomic E-state index is 6.00. The minimum absolute atomic E-state index is 0.450. The fourth-order valence-electron chi connectivity index (χ4n) is 3.27. The van der Waals surface area contributed by atoms with Gasteiger partial charge in [0.15, 0.2) is 0 Å². The molecule has 1 aliphatic heterocycles. The molecule has 110 valence electrons. The van der Waals surface area contributed by atoms with Crippen molar-refractivity contribution >= 4 is 11.8 Å². The summed E-state index contributed by atoms with van der Waals surface area (Å²) in [6.07, 6.45) is 6.79. The molecule has 2 aliphatic rings. The number of rotatable bonds is 5. The second-order valence-electron chi connectivity index (χ2n) is 5.86. The average Bonchev–Trinajstić information content (AvgIpc) is 2.99. The summed E-state index contributed by atoms with van der Waals surface area (Å²) >= 11 is 2.16. The van der Waals surface area contributed by atoms with Gasteiger partial charge in [0.2, 0.25) is 0 Å². The highest BCUT2D eigenvalue weighted by molar-refractivity contribution is 8.00. The second kappa shape index (κ2) is 6.86. The zero-order valence-electron chi connectivity index (χ0n) is 12.3. The van der Waals surface area contributed by atoms with Crippen molar-refractivity contribution in [2.45, 2.75) is 55.6 Å². The molecule has 0 spiro atoms. The van der Waals surface area contributed by atoms with Gasteiger partial charge in [0.05, 0.1) is 11.3 Å². The van der Waals surface area contributed by atoms with E-state index in [-0.39, 0.29) is 0 Å². The quantitative estimate of drug-likeness (QED) is 0.880. The first kappa shape index (κ1) is 14.3. The molecule has 1 aromatic rings. The zero-order chi connectivity index (χ0) is 13.8. The van der Waals surface area contributed by atoms with Crippen LogP contribution >= 0.6 is 11.8 Å². The summed E-state index contributed by atoms with van der Waals surface area (Å²) < 4.78 is 6.00. The van der Waals surface area contributed by atoms with Gasteiger partial charge in [-0.15, -0.1) is 11.8 Å². The smallest absolute Gasteiger partial charge is 0.124 e. The minimum Gasteiger partial charge on any atom is -0.492 e. The first-order valence-electron chi connectivity index (χ1n) is 7.99. The first-order valence-corrected chi connectivity index (χ1v) is 8.93. The highest BCUT2D eigenvalue weighted by Crippen LogP contribution is 2.41. The van der Waals surface area contributed by atoms with E-state index in [2.05, 4.69) is 48.3 Å². The third-order valence-electron chi connectivity index (χ3n) is 4.31. The molecule has 2 unspecified atom stereocenters. The number of thioether (sulfide) groups is 1. The van der Waals surface area contributed by atoms with Crippen LogP contribution in [0.3, 0.4) is 0 Å². The molecule has 3 heteroatoms. The van der Waals surface area contributed by atoms with E-state index in [0.717, 1.165) is 24.2 Å². The van der Waals surface area contributed by atoms with Gasteiger partial charge in [-0.2, -0.15) is 0 Å². The topological polar surface area (TPSA) is 21.3 Å². The number of fused-ring (bicyclic) bond motifs is 1. The van der Waals surface area contributed by atoms with E-state index < -0.39 is 0 Å². The first-order chi connectivity index (χ1) is 9.88. The van der Waals surface area contributed by atoms with E-state index in [1.54, 1.807) is 0 Å². The maximum Gasteiger partial charge on any atom is 0.124 e. The van der Waals surface area contributed by atoms with E-state index >= 15 is 0 Å². The van der Waals surface area contributed by atoms with Gasteiger partial charge < -0.3 is 10.1 Å². The molecule has 1 fully saturated rings. The van der Waals surface area contributed by atoms with Crippen LogP contribution in [-0.2, 0) is 0 Å². The normalized spacial score (nSPS) is 26.2. The van der Waals surface area contributed by atoms with Crippen LogP contribution in [0.1, 0.15) is 50.6 Å². The average molecular weight is 291 g/mol. The Balaban J connectivity index is 1.75. The van der Waals surface area contributed by atoms with Crippen molar-refractivity contribution in [2.24, 2.45) is 0 Å². The fraction of sp³-hybridized carbons (Fsp3) is 0.647. The van der Waals surface area contributed by atoms with Crippen LogP contribution in [0.4, 0.5) is 0 Å². The van der Waals surface area contributed by atoms with Crippen LogP contribution in [0, 0.1) is 0 Å². The zero-order valence-corrected chi connectivity index (χ0v) is 13.1. The lowest BCUT2D eigenvalue weighted by Gasteiger charge is -2.35. The summed E-state index contributed by atoms with van der Waals surface area (Å²) in [6.45, 7) is 4.16. The second-order valence-corrected chi connectivity index (χ2v) is 7.41. The molecule has 0 bridgehead atoms. The third-order valence-corrected chi connectivity index (χ3v) is 5.93. The van der Waals surface area contributed by atoms with Crippen LogP contribution in [0.25, 0.3) is 0 Å². The summed E-state index contributed by atoms with van der Waals surface area (Å²) in [5, 5.41) is 5.15. The predicted molar refractivity (Wildman–Crippen MR) is 86.6 cm³/mol. The van der Waals surface area contributed by atoms with E-state index in [1.807, 2.05) is 0 Å². The molecule has 1 saturated carbocycles. The van der Waals surface area contributed by atoms with Crippen molar-refractivity contribution in [3.05, 3.63) is 29.8 Å². The lowest BCUT2D eigenvalue weighted by atomic mass is 10.00. The predicted octanol–water partition coefficient (Wildman–Crippen LogP) is 4.16. The Morgan fingerprint density at radius 3 is 2.85 bits per heavy atom. The summed E-state index contributed by atoms with van der Waals surface area (Å²) in [4.78, 5) is 0. The van der Waals surface area contributed by atoms with Crippen molar-refractivity contribution in [2.75, 3.05) is 13.2 Å². The van der Waals surface area contributed by atoms with Crippen molar-refractivity contribution in [1.82, 2.24) is 5.32 Å². The van der Waals surface area contributed by atoms with Crippen LogP contribution in [0.15, 0.2) is 24.3 Å². The number of para-hydroxylation sites is 1. The fourth-order valence-corrected chi connectivity index (χ4v) is 4.91. The number of hydrogen-bond acceptors (Lipinski definition) is 3. The molecule has 0 aromatic heterocycles. The van der Waals surface area contributed by atoms with E-state index in [1.165, 1.54) is 37.7 Å². The molecule has 1 aromatic carbocycles. The van der Waals surface area contributed by atoms with Crippen LogP contribution in [-0.4, -0.2) is 23.7 Å². The molecule has 0 saturated heterocycles. The van der Waals surface area contributed by atoms with E-state index in [0.29, 0.717) is 11.3 Å². The van der Waals surface area contributed by atoms with Crippen LogP contribution in [0.2, 0.25) is 0 Å². The molecule has 1 aliphatic carbocycles. The highest BCUT2D eigenvalue weighted by Gasteiger charge is 2.33. The minimum atomic E-state index is 0.450. The van der Waals surface area contributed by atoms with Crippen molar-refractivity contribution in [3.8, 4) is 5.75 Å². The molecule has 0 radical (unpaired) electrons. The number of nitrogens with one attached hydrogen (secondary N) is 1. The number of ether oxygens (including phenoxy) is 1. The SMILES string of the molecule is CCCNC1c2ccccc2OCC1SC1CCCC1. The van der Waals surface area contributed by atoms with E-state index in [4.69, 9.17) is 4.74 Å². The van der Waals surface area contributed by atoms with Crippen LogP contribution in [0.5, 0.6) is 5.75 Å². The molecule has 20 heavy (non-hydrogen) atoms. The standard InChI is InChI=1S/C17H25NOS/c1-2-11-18-17-14-9-5-6-10-15(14)19-12-16(17)20-13-7-3-4-8-13/h5-6,9-10,13,16-18H,2-4,7-8,11-12H2,1H3. The molecule has 2 nitrogen and oxygen atoms in total. The van der Waals surface area contributed by atoms with Gasteiger partial charge in [-0.1, -0.05) is 38.0 Å². The lowest BCUT2D eigenvalue weighted by molar-refractivity contribution is 0.260. The molecular formula is C17H25NOS. The van der Waals surface area contributed by atoms with E-state index in [9.17, 15) is 0 Å². The van der Waals surface area contributed by atoms with Gasteiger partial charge in [0.25, 0.3) is 0 Å². The van der Waals surface area contributed by atoms with Gasteiger partial charge in [-0.05, 0) is 31.9 Å². The van der Waals surface area contributed by atoms with Gasteiger partial charge >= 0.3 is 0 Å². The van der Waals surface area contributed by atoms with Crippen molar-refractivity contribution in [3.63, 3.8) is 0 Å². The Morgan fingerprint density at radius 2 is 2.05 bits per heavy atom. The Kier molecular flexibility index (Phi) is 4.90. The van der Waals surface area contributed by atoms with Gasteiger partial charge in [-0.25, -0.2) is 0 Å². The summed E-state index contributed by atoms with van der Waals surface area (Å²) in [5.74, 6) is 1.07. The summed E-state index contributed by atoms with van der Waals surface area (Å²) in [5.41, 5.74) is 1.35. The molecule has 2 atom stereocenters. The van der Waals surface area contributed by atoms with Crippen LogP contribution < -0.4 is 10.1 Å². The van der Waals surface area contributed by atoms with Crippen molar-refractivity contribution in [1.29, 1.82) is 0 Å². The Labute approximate surface area is 126 Å². The van der Waals surface area contributed by atoms with Gasteiger partial charge in [0, 0.05) is 10.8 Å². The Hall–Kier alpha value is -0.670. The summed E-state index contributed by atoms with van der Waals surface area (Å²) in [6, 6.07) is 8.98. The number of hydrogen-bond donors (Lipinski definition) is 1. The Morgan fingerprint density at radius 1 is 1.25 bits per heavy atom. The molecule has 3 rings (SSSR count). The summed E-state index contributed by atoms with van der Waals surface area (Å²) in [7, 11) is 0. The van der Waals surface area contributed by atoms with Gasteiger partial charge in [0.1, 0.15) is 12.4 Å². The number of benzene rings is 1. The molecular weight excluding hydrogens is 266 g/mol. The molecule has 1 N–H and O–H groups in total. The lowest BCUT2D eigenvalue weighted by Crippen LogP contribution is -2.38. The Bertz CT molecular complexity index is 431. The highest BCUT2D eigenvalue weighted by atomic mass is 32.2. The van der Waals surface area contributed by atoms with Crippen molar-refractivity contribution < 1.29 is 4.74 Å². The third kappa shape index (κ3) is 3.15. The van der Waals surface area contributed by atoms with Gasteiger partial charge in [-0.3, -0.25) is 0 Å². The molecule has 1 heterocycles. The maximum atomic E-state index is 6.00. The largest absolute Gasteiger partial charge is 0.492 e. The molecule has 0 amide bonds. The monoisotopic (exact) mass is 291 g/mol.